The summed E-state index contributed by atoms with van der Waals surface area (Å²) >= 11 is 0. The van der Waals surface area contributed by atoms with Gasteiger partial charge in [0.25, 0.3) is 0 Å². The Balaban J connectivity index is 1.48. The molecule has 0 aliphatic carbocycles. The molecule has 8 heteroatoms. The zero-order valence-electron chi connectivity index (χ0n) is 12.3. The van der Waals surface area contributed by atoms with Crippen LogP contribution < -0.4 is 0 Å². The van der Waals surface area contributed by atoms with Crippen molar-refractivity contribution in [3.05, 3.63) is 29.4 Å². The Labute approximate surface area is 127 Å². The number of aromatic nitrogens is 4. The van der Waals surface area contributed by atoms with Gasteiger partial charge in [0.2, 0.25) is 5.91 Å². The molecule has 1 amide bonds. The van der Waals surface area contributed by atoms with Gasteiger partial charge in [-0.1, -0.05) is 10.4 Å². The van der Waals surface area contributed by atoms with E-state index < -0.39 is 0 Å². The van der Waals surface area contributed by atoms with Crippen molar-refractivity contribution in [2.75, 3.05) is 13.1 Å². The predicted molar refractivity (Wildman–Crippen MR) is 73.8 cm³/mol. The number of fused-ring (bicyclic) bond motifs is 3. The summed E-state index contributed by atoms with van der Waals surface area (Å²) in [7, 11) is 0. The van der Waals surface area contributed by atoms with Crippen molar-refractivity contribution < 1.29 is 14.1 Å². The first-order valence-electron chi connectivity index (χ1n) is 7.41. The van der Waals surface area contributed by atoms with Crippen LogP contribution in [0.15, 0.2) is 16.8 Å². The number of ether oxygens (including phenoxy) is 1. The molecule has 2 unspecified atom stereocenters. The Morgan fingerprint density at radius 1 is 1.50 bits per heavy atom. The molecule has 0 saturated carbocycles. The Kier molecular flexibility index (Phi) is 3.18. The summed E-state index contributed by atoms with van der Waals surface area (Å²) in [5.41, 5.74) is 1.75. The lowest BCUT2D eigenvalue weighted by atomic mass is 10.00. The van der Waals surface area contributed by atoms with Crippen molar-refractivity contribution >= 4 is 5.91 Å². The van der Waals surface area contributed by atoms with Gasteiger partial charge in [-0.15, -0.1) is 5.10 Å². The van der Waals surface area contributed by atoms with E-state index in [1.807, 2.05) is 16.5 Å². The highest BCUT2D eigenvalue weighted by Crippen LogP contribution is 2.30. The van der Waals surface area contributed by atoms with Crippen LogP contribution in [0.1, 0.15) is 29.6 Å². The van der Waals surface area contributed by atoms with E-state index in [1.54, 1.807) is 12.3 Å². The van der Waals surface area contributed by atoms with Gasteiger partial charge in [0.05, 0.1) is 42.8 Å². The molecule has 0 spiro atoms. The maximum absolute atomic E-state index is 12.5. The first-order valence-corrected chi connectivity index (χ1v) is 7.41. The van der Waals surface area contributed by atoms with Crippen LogP contribution in [-0.4, -0.2) is 50.2 Å². The first-order chi connectivity index (χ1) is 10.7. The minimum atomic E-state index is 0.0420. The third-order valence-electron chi connectivity index (χ3n) is 4.28. The lowest BCUT2D eigenvalue weighted by Crippen LogP contribution is -2.50. The van der Waals surface area contributed by atoms with Crippen molar-refractivity contribution in [1.82, 2.24) is 25.1 Å². The number of amides is 1. The fourth-order valence-electron chi connectivity index (χ4n) is 3.17. The normalized spacial score (nSPS) is 24.0. The van der Waals surface area contributed by atoms with E-state index in [-0.39, 0.29) is 24.5 Å². The topological polar surface area (TPSA) is 86.3 Å². The van der Waals surface area contributed by atoms with Gasteiger partial charge in [-0.3, -0.25) is 4.79 Å². The quantitative estimate of drug-likeness (QED) is 0.802. The van der Waals surface area contributed by atoms with E-state index >= 15 is 0 Å². The van der Waals surface area contributed by atoms with Gasteiger partial charge in [0.1, 0.15) is 5.76 Å². The highest BCUT2D eigenvalue weighted by Gasteiger charge is 2.37. The number of hydrogen-bond donors (Lipinski definition) is 0. The average Bonchev–Trinajstić information content (AvgIpc) is 3.15. The van der Waals surface area contributed by atoms with E-state index in [9.17, 15) is 4.79 Å². The first kappa shape index (κ1) is 13.4. The predicted octanol–water partition coefficient (Wildman–Crippen LogP) is 0.489. The van der Waals surface area contributed by atoms with Crippen molar-refractivity contribution in [3.63, 3.8) is 0 Å². The Bertz CT molecular complexity index is 694. The smallest absolute Gasteiger partial charge is 0.230 e. The molecule has 8 nitrogen and oxygen atoms in total. The molecule has 1 saturated heterocycles. The molecule has 2 aromatic rings. The molecule has 22 heavy (non-hydrogen) atoms. The number of aryl methyl sites for hydroxylation is 1. The molecule has 4 rings (SSSR count). The summed E-state index contributed by atoms with van der Waals surface area (Å²) in [6.45, 7) is 3.66. The largest absolute Gasteiger partial charge is 0.370 e. The third-order valence-corrected chi connectivity index (χ3v) is 4.28. The number of rotatable bonds is 2. The van der Waals surface area contributed by atoms with Crippen LogP contribution >= 0.6 is 0 Å². The lowest BCUT2D eigenvalue weighted by Gasteiger charge is -2.40. The molecule has 2 atom stereocenters. The second-order valence-electron chi connectivity index (χ2n) is 5.83. The van der Waals surface area contributed by atoms with Gasteiger partial charge < -0.3 is 14.2 Å². The Morgan fingerprint density at radius 3 is 3.23 bits per heavy atom. The molecule has 4 heterocycles. The maximum atomic E-state index is 12.5. The van der Waals surface area contributed by atoms with Crippen molar-refractivity contribution in [3.8, 4) is 0 Å². The molecule has 1 fully saturated rings. The molecule has 0 bridgehead atoms. The van der Waals surface area contributed by atoms with Gasteiger partial charge in [0, 0.05) is 19.2 Å². The number of carbonyl (C=O) groups is 1. The summed E-state index contributed by atoms with van der Waals surface area (Å²) in [6.07, 6.45) is 2.87. The average molecular weight is 303 g/mol. The monoisotopic (exact) mass is 303 g/mol. The molecule has 0 N–H and O–H groups in total. The van der Waals surface area contributed by atoms with Crippen molar-refractivity contribution in [2.24, 2.45) is 0 Å². The SMILES string of the molecule is Cc1cc(CC(=O)N2CCC3OCc4cnnn4C3C2)on1. The van der Waals surface area contributed by atoms with Crippen molar-refractivity contribution in [1.29, 1.82) is 0 Å². The van der Waals surface area contributed by atoms with Crippen LogP contribution in [0.4, 0.5) is 0 Å². The highest BCUT2D eigenvalue weighted by molar-refractivity contribution is 5.78. The lowest BCUT2D eigenvalue weighted by molar-refractivity contribution is -0.137. The molecule has 0 aromatic carbocycles. The van der Waals surface area contributed by atoms with Crippen LogP contribution in [0.2, 0.25) is 0 Å². The van der Waals surface area contributed by atoms with Crippen LogP contribution in [0.25, 0.3) is 0 Å². The molecule has 2 aliphatic rings. The van der Waals surface area contributed by atoms with E-state index in [4.69, 9.17) is 9.26 Å². The molecular formula is C14H17N5O3. The number of carbonyl (C=O) groups excluding carboxylic acids is 1. The highest BCUT2D eigenvalue weighted by atomic mass is 16.5. The van der Waals surface area contributed by atoms with E-state index in [0.717, 1.165) is 17.8 Å². The van der Waals surface area contributed by atoms with Gasteiger partial charge in [0.15, 0.2) is 0 Å². The fraction of sp³-hybridized carbons (Fsp3) is 0.571. The van der Waals surface area contributed by atoms with E-state index in [1.165, 1.54) is 0 Å². The summed E-state index contributed by atoms with van der Waals surface area (Å²) in [4.78, 5) is 14.3. The van der Waals surface area contributed by atoms with Crippen LogP contribution in [0.5, 0.6) is 0 Å². The molecule has 2 aliphatic heterocycles. The number of nitrogens with zero attached hydrogens (tertiary/aromatic N) is 5. The minimum Gasteiger partial charge on any atom is -0.370 e. The summed E-state index contributed by atoms with van der Waals surface area (Å²) in [6, 6.07) is 1.84. The van der Waals surface area contributed by atoms with Gasteiger partial charge >= 0.3 is 0 Å². The Hall–Kier alpha value is -2.22. The van der Waals surface area contributed by atoms with Crippen molar-refractivity contribution in [2.45, 2.75) is 38.5 Å². The molecule has 116 valence electrons. The number of piperidine rings is 1. The van der Waals surface area contributed by atoms with Gasteiger partial charge in [-0.05, 0) is 13.3 Å². The number of likely N-dealkylation sites (tertiary alicyclic amines) is 1. The van der Waals surface area contributed by atoms with Gasteiger partial charge in [-0.25, -0.2) is 4.68 Å². The molecular weight excluding hydrogens is 286 g/mol. The van der Waals surface area contributed by atoms with Crippen LogP contribution in [0.3, 0.4) is 0 Å². The fourth-order valence-corrected chi connectivity index (χ4v) is 3.17. The Morgan fingerprint density at radius 2 is 2.41 bits per heavy atom. The molecule has 2 aromatic heterocycles. The van der Waals surface area contributed by atoms with E-state index in [0.29, 0.717) is 25.5 Å². The van der Waals surface area contributed by atoms with Crippen LogP contribution in [-0.2, 0) is 22.6 Å². The molecule has 0 radical (unpaired) electrons. The number of hydrogen-bond acceptors (Lipinski definition) is 6. The summed E-state index contributed by atoms with van der Waals surface area (Å²) < 4.78 is 12.9. The summed E-state index contributed by atoms with van der Waals surface area (Å²) in [5, 5.41) is 11.9. The minimum absolute atomic E-state index is 0.0420. The van der Waals surface area contributed by atoms with Crippen LogP contribution in [0, 0.1) is 6.92 Å². The zero-order chi connectivity index (χ0) is 15.1. The summed E-state index contributed by atoms with van der Waals surface area (Å²) in [5.74, 6) is 0.646. The third kappa shape index (κ3) is 2.29. The second-order valence-corrected chi connectivity index (χ2v) is 5.83. The standard InChI is InChI=1S/C14H17N5O3/c1-9-4-11(22-16-9)5-14(20)18-3-2-13-12(7-18)19-10(8-21-13)6-15-17-19/h4,6,12-13H,2-3,5,7-8H2,1H3. The van der Waals surface area contributed by atoms with Gasteiger partial charge in [-0.2, -0.15) is 0 Å². The maximum Gasteiger partial charge on any atom is 0.230 e. The second kappa shape index (κ2) is 5.20. The van der Waals surface area contributed by atoms with E-state index in [2.05, 4.69) is 15.5 Å². The zero-order valence-corrected chi connectivity index (χ0v) is 12.3.